The van der Waals surface area contributed by atoms with Crippen molar-refractivity contribution in [3.8, 4) is 0 Å². The highest BCUT2D eigenvalue weighted by molar-refractivity contribution is 5.71. The number of hydrogen-bond donors (Lipinski definition) is 1. The summed E-state index contributed by atoms with van der Waals surface area (Å²) in [5.74, 6) is 0.383. The van der Waals surface area contributed by atoms with Gasteiger partial charge in [0.15, 0.2) is 0 Å². The van der Waals surface area contributed by atoms with Crippen molar-refractivity contribution in [2.24, 2.45) is 0 Å². The lowest BCUT2D eigenvalue weighted by Crippen LogP contribution is -2.38. The summed E-state index contributed by atoms with van der Waals surface area (Å²) in [5, 5.41) is 4.22. The summed E-state index contributed by atoms with van der Waals surface area (Å²) in [6.07, 6.45) is 3.88. The second-order valence-corrected chi connectivity index (χ2v) is 4.30. The van der Waals surface area contributed by atoms with Crippen LogP contribution in [0.1, 0.15) is 18.9 Å². The van der Waals surface area contributed by atoms with Crippen LogP contribution in [0.15, 0.2) is 12.3 Å². The molecule has 94 valence electrons. The highest BCUT2D eigenvalue weighted by Gasteiger charge is 2.22. The number of nitrogen functional groups attached to an aromatic ring is 1. The normalized spacial score (nSPS) is 18.2. The zero-order valence-corrected chi connectivity index (χ0v) is 10.0. The Kier molecular flexibility index (Phi) is 3.63. The van der Waals surface area contributed by atoms with Gasteiger partial charge >= 0.3 is 5.97 Å². The molecule has 0 saturated carbocycles. The van der Waals surface area contributed by atoms with Gasteiger partial charge in [-0.25, -0.2) is 0 Å². The lowest BCUT2D eigenvalue weighted by Gasteiger charge is -2.31. The highest BCUT2D eigenvalue weighted by Crippen LogP contribution is 2.21. The topological polar surface area (TPSA) is 73.4 Å². The van der Waals surface area contributed by atoms with Crippen LogP contribution in [0.25, 0.3) is 0 Å². The Morgan fingerprint density at radius 1 is 1.59 bits per heavy atom. The molecule has 6 heteroatoms. The van der Waals surface area contributed by atoms with E-state index >= 15 is 0 Å². The molecule has 2 N–H and O–H groups in total. The van der Waals surface area contributed by atoms with Crippen LogP contribution in [-0.2, 0) is 9.53 Å². The van der Waals surface area contributed by atoms with Crippen molar-refractivity contribution in [3.63, 3.8) is 0 Å². The van der Waals surface area contributed by atoms with Crippen LogP contribution in [0.3, 0.4) is 0 Å². The number of piperidine rings is 1. The molecule has 1 aromatic heterocycles. The molecule has 0 atom stereocenters. The molecule has 17 heavy (non-hydrogen) atoms. The van der Waals surface area contributed by atoms with E-state index in [1.54, 1.807) is 6.07 Å². The van der Waals surface area contributed by atoms with Crippen molar-refractivity contribution >= 4 is 11.8 Å². The van der Waals surface area contributed by atoms with Gasteiger partial charge in [-0.05, 0) is 18.9 Å². The van der Waals surface area contributed by atoms with E-state index in [1.165, 1.54) is 7.11 Å². The number of carbonyl (C=O) groups is 1. The number of anilines is 1. The number of likely N-dealkylation sites (tertiary alicyclic amines) is 1. The average Bonchev–Trinajstić information content (AvgIpc) is 2.77. The highest BCUT2D eigenvalue weighted by atomic mass is 16.5. The Morgan fingerprint density at radius 3 is 2.82 bits per heavy atom. The van der Waals surface area contributed by atoms with Crippen LogP contribution < -0.4 is 5.73 Å². The van der Waals surface area contributed by atoms with Gasteiger partial charge in [0.25, 0.3) is 0 Å². The Hall–Kier alpha value is -1.56. The van der Waals surface area contributed by atoms with E-state index in [-0.39, 0.29) is 5.97 Å². The number of rotatable bonds is 3. The fraction of sp³-hybridized carbons (Fsp3) is 0.636. The molecule has 1 aliphatic rings. The Labute approximate surface area is 100 Å². The standard InChI is InChI=1S/C11H18N4O2/c1-17-11(16)8-14-5-2-9(3-6-14)15-7-4-10(12)13-15/h4,7,9H,2-3,5-6,8H2,1H3,(H2,12,13). The molecule has 0 aliphatic carbocycles. The van der Waals surface area contributed by atoms with Crippen LogP contribution in [0.4, 0.5) is 5.82 Å². The minimum Gasteiger partial charge on any atom is -0.468 e. The van der Waals surface area contributed by atoms with Crippen LogP contribution in [-0.4, -0.2) is 47.4 Å². The SMILES string of the molecule is COC(=O)CN1CCC(n2ccc(N)n2)CC1. The average molecular weight is 238 g/mol. The van der Waals surface area contributed by atoms with Crippen molar-refractivity contribution < 1.29 is 9.53 Å². The molecule has 6 nitrogen and oxygen atoms in total. The van der Waals surface area contributed by atoms with Gasteiger partial charge in [0.1, 0.15) is 5.82 Å². The third-order valence-corrected chi connectivity index (χ3v) is 3.14. The van der Waals surface area contributed by atoms with Crippen LogP contribution in [0, 0.1) is 0 Å². The first kappa shape index (κ1) is 11.9. The molecule has 1 saturated heterocycles. The molecule has 2 heterocycles. The number of methoxy groups -OCH3 is 1. The fourth-order valence-electron chi connectivity index (χ4n) is 2.15. The second-order valence-electron chi connectivity index (χ2n) is 4.30. The maximum atomic E-state index is 11.1. The first-order valence-electron chi connectivity index (χ1n) is 5.79. The molecule has 2 rings (SSSR count). The number of ether oxygens (including phenoxy) is 1. The Bertz CT molecular complexity index is 383. The maximum Gasteiger partial charge on any atom is 0.319 e. The van der Waals surface area contributed by atoms with E-state index in [0.717, 1.165) is 25.9 Å². The van der Waals surface area contributed by atoms with Gasteiger partial charge in [0.05, 0.1) is 19.7 Å². The zero-order chi connectivity index (χ0) is 12.3. The predicted octanol–water partition coefficient (Wildman–Crippen LogP) is 0.275. The fourth-order valence-corrected chi connectivity index (χ4v) is 2.15. The molecule has 0 spiro atoms. The van der Waals surface area contributed by atoms with Crippen LogP contribution in [0.2, 0.25) is 0 Å². The van der Waals surface area contributed by atoms with Gasteiger partial charge in [0, 0.05) is 19.3 Å². The summed E-state index contributed by atoms with van der Waals surface area (Å²) in [4.78, 5) is 13.2. The van der Waals surface area contributed by atoms with Gasteiger partial charge in [-0.2, -0.15) is 5.10 Å². The van der Waals surface area contributed by atoms with Crippen molar-refractivity contribution in [3.05, 3.63) is 12.3 Å². The summed E-state index contributed by atoms with van der Waals surface area (Å²) >= 11 is 0. The summed E-state index contributed by atoms with van der Waals surface area (Å²) in [7, 11) is 1.42. The van der Waals surface area contributed by atoms with Crippen molar-refractivity contribution in [1.82, 2.24) is 14.7 Å². The second kappa shape index (κ2) is 5.18. The number of nitrogens with two attached hydrogens (primary N) is 1. The monoisotopic (exact) mass is 238 g/mol. The van der Waals surface area contributed by atoms with E-state index in [0.29, 0.717) is 18.4 Å². The molecule has 1 aromatic rings. The summed E-state index contributed by atoms with van der Waals surface area (Å²) in [6.45, 7) is 2.16. The number of carbonyl (C=O) groups excluding carboxylic acids is 1. The summed E-state index contributed by atoms with van der Waals surface area (Å²) in [5.41, 5.74) is 5.59. The molecule has 1 fully saturated rings. The minimum atomic E-state index is -0.174. The van der Waals surface area contributed by atoms with Crippen molar-refractivity contribution in [2.45, 2.75) is 18.9 Å². The first-order chi connectivity index (χ1) is 8.19. The number of nitrogens with zero attached hydrogens (tertiary/aromatic N) is 3. The third-order valence-electron chi connectivity index (χ3n) is 3.14. The molecule has 0 amide bonds. The van der Waals surface area contributed by atoms with E-state index in [9.17, 15) is 4.79 Å². The molecular formula is C11H18N4O2. The van der Waals surface area contributed by atoms with E-state index in [2.05, 4.69) is 14.7 Å². The lowest BCUT2D eigenvalue weighted by atomic mass is 10.1. The molecule has 0 aromatic carbocycles. The Balaban J connectivity index is 1.84. The van der Waals surface area contributed by atoms with Crippen LogP contribution >= 0.6 is 0 Å². The van der Waals surface area contributed by atoms with Crippen molar-refractivity contribution in [1.29, 1.82) is 0 Å². The molecular weight excluding hydrogens is 220 g/mol. The number of esters is 1. The van der Waals surface area contributed by atoms with Gasteiger partial charge < -0.3 is 10.5 Å². The van der Waals surface area contributed by atoms with Crippen LogP contribution in [0.5, 0.6) is 0 Å². The molecule has 0 bridgehead atoms. The predicted molar refractivity (Wildman–Crippen MR) is 63.4 cm³/mol. The number of aromatic nitrogens is 2. The van der Waals surface area contributed by atoms with Gasteiger partial charge in [-0.3, -0.25) is 14.4 Å². The smallest absolute Gasteiger partial charge is 0.319 e. The summed E-state index contributed by atoms with van der Waals surface area (Å²) < 4.78 is 6.57. The Morgan fingerprint density at radius 2 is 2.29 bits per heavy atom. The van der Waals surface area contributed by atoms with Gasteiger partial charge in [-0.15, -0.1) is 0 Å². The first-order valence-corrected chi connectivity index (χ1v) is 5.79. The van der Waals surface area contributed by atoms with Gasteiger partial charge in [-0.1, -0.05) is 0 Å². The minimum absolute atomic E-state index is 0.174. The van der Waals surface area contributed by atoms with E-state index < -0.39 is 0 Å². The summed E-state index contributed by atoms with van der Waals surface area (Å²) in [6, 6.07) is 2.20. The maximum absolute atomic E-state index is 11.1. The van der Waals surface area contributed by atoms with Gasteiger partial charge in [0.2, 0.25) is 0 Å². The molecule has 0 radical (unpaired) electrons. The zero-order valence-electron chi connectivity index (χ0n) is 10.0. The van der Waals surface area contributed by atoms with Crippen molar-refractivity contribution in [2.75, 3.05) is 32.5 Å². The largest absolute Gasteiger partial charge is 0.468 e. The molecule has 1 aliphatic heterocycles. The number of hydrogen-bond acceptors (Lipinski definition) is 5. The molecule has 0 unspecified atom stereocenters. The lowest BCUT2D eigenvalue weighted by molar-refractivity contribution is -0.142. The van der Waals surface area contributed by atoms with E-state index in [1.807, 2.05) is 10.9 Å². The third kappa shape index (κ3) is 2.97. The van der Waals surface area contributed by atoms with E-state index in [4.69, 9.17) is 5.73 Å². The quantitative estimate of drug-likeness (QED) is 0.765.